The molecule has 2 aromatic rings. The Hall–Kier alpha value is -3.54. The summed E-state index contributed by atoms with van der Waals surface area (Å²) >= 11 is 6.64. The first-order chi connectivity index (χ1) is 18.3. The first-order valence-corrected chi connectivity index (χ1v) is 13.1. The molecule has 4 rings (SSSR count). The Bertz CT molecular complexity index is 1250. The van der Waals surface area contributed by atoms with Gasteiger partial charge in [-0.05, 0) is 66.7 Å². The topological polar surface area (TPSA) is 114 Å². The van der Waals surface area contributed by atoms with Gasteiger partial charge in [-0.25, -0.2) is 0 Å². The van der Waals surface area contributed by atoms with E-state index < -0.39 is 11.1 Å². The predicted octanol–water partition coefficient (Wildman–Crippen LogP) is 3.65. The van der Waals surface area contributed by atoms with Crippen LogP contribution in [0.4, 0.5) is 10.5 Å². The third-order valence-corrected chi connectivity index (χ3v) is 6.74. The van der Waals surface area contributed by atoms with Crippen molar-refractivity contribution in [2.75, 3.05) is 51.4 Å². The van der Waals surface area contributed by atoms with Crippen molar-refractivity contribution < 1.29 is 33.4 Å². The maximum atomic E-state index is 12.9. The predicted molar refractivity (Wildman–Crippen MR) is 143 cm³/mol. The number of benzene rings is 2. The van der Waals surface area contributed by atoms with Crippen LogP contribution in [0.2, 0.25) is 5.02 Å². The lowest BCUT2D eigenvalue weighted by Crippen LogP contribution is -2.46. The van der Waals surface area contributed by atoms with E-state index in [1.165, 1.54) is 0 Å². The molecule has 38 heavy (non-hydrogen) atoms. The van der Waals surface area contributed by atoms with E-state index in [4.69, 9.17) is 25.8 Å². The van der Waals surface area contributed by atoms with Crippen LogP contribution in [0.3, 0.4) is 0 Å². The summed E-state index contributed by atoms with van der Waals surface area (Å²) in [6, 6.07) is 11.7. The van der Waals surface area contributed by atoms with E-state index in [1.54, 1.807) is 60.4 Å². The van der Waals surface area contributed by atoms with E-state index >= 15 is 0 Å². The van der Waals surface area contributed by atoms with Crippen LogP contribution in [-0.4, -0.2) is 78.8 Å². The molecule has 2 heterocycles. The van der Waals surface area contributed by atoms with Crippen molar-refractivity contribution in [1.29, 1.82) is 0 Å². The molecule has 0 unspecified atom stereocenters. The Morgan fingerprint density at radius 3 is 2.53 bits per heavy atom. The number of nitrogens with zero attached hydrogens (tertiary/aromatic N) is 2. The maximum Gasteiger partial charge on any atom is 0.294 e. The van der Waals surface area contributed by atoms with E-state index in [2.05, 4.69) is 5.32 Å². The van der Waals surface area contributed by atoms with Crippen LogP contribution in [0.1, 0.15) is 12.5 Å². The lowest BCUT2D eigenvalue weighted by atomic mass is 10.2. The minimum atomic E-state index is -0.529. The summed E-state index contributed by atoms with van der Waals surface area (Å²) in [5, 5.41) is 2.78. The van der Waals surface area contributed by atoms with Crippen LogP contribution >= 0.6 is 23.4 Å². The highest BCUT2D eigenvalue weighted by Gasteiger charge is 2.37. The van der Waals surface area contributed by atoms with Gasteiger partial charge in [0.2, 0.25) is 5.91 Å². The highest BCUT2D eigenvalue weighted by atomic mass is 35.5. The number of hydrogen-bond donors (Lipinski definition) is 1. The third-order valence-electron chi connectivity index (χ3n) is 5.58. The number of carbonyl (C=O) groups is 4. The Morgan fingerprint density at radius 2 is 1.82 bits per heavy atom. The largest absolute Gasteiger partial charge is 0.490 e. The van der Waals surface area contributed by atoms with E-state index in [1.807, 2.05) is 0 Å². The number of nitrogens with one attached hydrogen (secondary N) is 1. The molecule has 0 aliphatic carbocycles. The van der Waals surface area contributed by atoms with E-state index in [-0.39, 0.29) is 29.9 Å². The van der Waals surface area contributed by atoms with Gasteiger partial charge in [0, 0.05) is 23.8 Å². The fourth-order valence-electron chi connectivity index (χ4n) is 3.71. The minimum Gasteiger partial charge on any atom is -0.490 e. The number of hydrogen-bond acceptors (Lipinski definition) is 8. The molecule has 4 amide bonds. The van der Waals surface area contributed by atoms with Crippen molar-refractivity contribution in [3.63, 3.8) is 0 Å². The van der Waals surface area contributed by atoms with Gasteiger partial charge in [-0.15, -0.1) is 0 Å². The molecule has 0 aromatic heterocycles. The van der Waals surface area contributed by atoms with Gasteiger partial charge < -0.3 is 24.4 Å². The molecule has 2 aliphatic heterocycles. The van der Waals surface area contributed by atoms with Gasteiger partial charge in [0.1, 0.15) is 6.54 Å². The molecule has 0 atom stereocenters. The Labute approximate surface area is 228 Å². The molecule has 2 aromatic carbocycles. The van der Waals surface area contributed by atoms with Gasteiger partial charge in [0.05, 0.1) is 24.7 Å². The van der Waals surface area contributed by atoms with Crippen LogP contribution in [0, 0.1) is 0 Å². The van der Waals surface area contributed by atoms with Crippen LogP contribution in [0.15, 0.2) is 47.4 Å². The van der Waals surface area contributed by atoms with Crippen molar-refractivity contribution in [2.24, 2.45) is 0 Å². The van der Waals surface area contributed by atoms with E-state index in [0.29, 0.717) is 60.7 Å². The zero-order valence-electron chi connectivity index (χ0n) is 20.6. The number of ether oxygens (including phenoxy) is 3. The quantitative estimate of drug-likeness (QED) is 0.463. The number of anilines is 1. The van der Waals surface area contributed by atoms with Crippen LogP contribution in [-0.2, 0) is 19.1 Å². The van der Waals surface area contributed by atoms with Gasteiger partial charge in [0.25, 0.3) is 17.1 Å². The van der Waals surface area contributed by atoms with E-state index in [0.717, 1.165) is 16.7 Å². The highest BCUT2D eigenvalue weighted by molar-refractivity contribution is 8.18. The van der Waals surface area contributed by atoms with Crippen molar-refractivity contribution in [3.05, 3.63) is 58.0 Å². The normalized spacial score (nSPS) is 16.6. The zero-order chi connectivity index (χ0) is 27.1. The monoisotopic (exact) mass is 559 g/mol. The van der Waals surface area contributed by atoms with Gasteiger partial charge in [-0.1, -0.05) is 17.7 Å². The zero-order valence-corrected chi connectivity index (χ0v) is 22.2. The molecule has 0 saturated carbocycles. The average molecular weight is 560 g/mol. The molecule has 200 valence electrons. The second-order valence-corrected chi connectivity index (χ2v) is 9.67. The molecule has 1 N–H and O–H groups in total. The first-order valence-electron chi connectivity index (χ1n) is 11.9. The second kappa shape index (κ2) is 12.8. The molecular weight excluding hydrogens is 534 g/mol. The lowest BCUT2D eigenvalue weighted by Gasteiger charge is -2.28. The Balaban J connectivity index is 1.40. The summed E-state index contributed by atoms with van der Waals surface area (Å²) in [4.78, 5) is 52.9. The van der Waals surface area contributed by atoms with Crippen molar-refractivity contribution in [1.82, 2.24) is 9.80 Å². The van der Waals surface area contributed by atoms with Crippen LogP contribution in [0.25, 0.3) is 6.08 Å². The number of thioether (sulfide) groups is 1. The molecule has 0 bridgehead atoms. The number of morpholine rings is 1. The number of carbonyl (C=O) groups excluding carboxylic acids is 4. The summed E-state index contributed by atoms with van der Waals surface area (Å²) in [6.07, 6.45) is 1.56. The number of imide groups is 1. The highest BCUT2D eigenvalue weighted by Crippen LogP contribution is 2.34. The summed E-state index contributed by atoms with van der Waals surface area (Å²) < 4.78 is 16.6. The fraction of sp³-hybridized carbons (Fsp3) is 0.308. The maximum absolute atomic E-state index is 12.9. The third kappa shape index (κ3) is 7.06. The standard InChI is InChI=1S/C26H26ClN3O7S/c1-2-36-21-13-17(3-8-20(21)37-16-23(31)28-19-6-4-18(27)5-7-19)14-22-25(33)30(26(34)38-22)15-24(32)29-9-11-35-12-10-29/h3-8,13-14H,2,9-12,15-16H2,1H3,(H,28,31)/b22-14-. The van der Waals surface area contributed by atoms with Crippen molar-refractivity contribution >= 4 is 58.1 Å². The van der Waals surface area contributed by atoms with Gasteiger partial charge in [0.15, 0.2) is 18.1 Å². The molecule has 12 heteroatoms. The van der Waals surface area contributed by atoms with Crippen LogP contribution in [0.5, 0.6) is 11.5 Å². The lowest BCUT2D eigenvalue weighted by molar-refractivity contribution is -0.139. The van der Waals surface area contributed by atoms with Crippen LogP contribution < -0.4 is 14.8 Å². The summed E-state index contributed by atoms with van der Waals surface area (Å²) in [5.41, 5.74) is 1.18. The molecular formula is C26H26ClN3O7S. The summed E-state index contributed by atoms with van der Waals surface area (Å²) in [7, 11) is 0. The molecule has 2 fully saturated rings. The molecule has 0 radical (unpaired) electrons. The SMILES string of the molecule is CCOc1cc(/C=C2\SC(=O)N(CC(=O)N3CCOCC3)C2=O)ccc1OCC(=O)Nc1ccc(Cl)cc1. The average Bonchev–Trinajstić information content (AvgIpc) is 3.17. The van der Waals surface area contributed by atoms with E-state index in [9.17, 15) is 19.2 Å². The van der Waals surface area contributed by atoms with Crippen molar-refractivity contribution in [3.8, 4) is 11.5 Å². The number of halogens is 1. The number of amides is 4. The van der Waals surface area contributed by atoms with Crippen molar-refractivity contribution in [2.45, 2.75) is 6.92 Å². The van der Waals surface area contributed by atoms with Gasteiger partial charge >= 0.3 is 0 Å². The molecule has 2 saturated heterocycles. The Morgan fingerprint density at radius 1 is 1.08 bits per heavy atom. The first kappa shape index (κ1) is 27.5. The molecule has 10 nitrogen and oxygen atoms in total. The smallest absolute Gasteiger partial charge is 0.294 e. The fourth-order valence-corrected chi connectivity index (χ4v) is 4.68. The Kier molecular flexibility index (Phi) is 9.27. The molecule has 0 spiro atoms. The van der Waals surface area contributed by atoms with Gasteiger partial charge in [-0.3, -0.25) is 24.1 Å². The second-order valence-electron chi connectivity index (χ2n) is 8.24. The molecule has 2 aliphatic rings. The number of rotatable bonds is 9. The summed E-state index contributed by atoms with van der Waals surface area (Å²) in [5.74, 6) is -0.461. The minimum absolute atomic E-state index is 0.197. The summed E-state index contributed by atoms with van der Waals surface area (Å²) in [6.45, 7) is 3.32. The van der Waals surface area contributed by atoms with Gasteiger partial charge in [-0.2, -0.15) is 0 Å².